The van der Waals surface area contributed by atoms with Crippen molar-refractivity contribution in [1.82, 2.24) is 14.5 Å². The zero-order chi connectivity index (χ0) is 20.9. The molecule has 1 saturated carbocycles. The van der Waals surface area contributed by atoms with Gasteiger partial charge in [-0.3, -0.25) is 4.79 Å². The quantitative estimate of drug-likeness (QED) is 0.776. The molecule has 156 valence electrons. The van der Waals surface area contributed by atoms with Gasteiger partial charge in [0, 0.05) is 50.2 Å². The number of hydrogen-bond acceptors (Lipinski definition) is 3. The number of nitrogens with two attached hydrogens (primary N) is 1. The third-order valence-corrected chi connectivity index (χ3v) is 6.00. The Kier molecular flexibility index (Phi) is 5.14. The van der Waals surface area contributed by atoms with E-state index in [-0.39, 0.29) is 30.4 Å². The lowest BCUT2D eigenvalue weighted by atomic mass is 10.00. The number of amides is 1. The average Bonchev–Trinajstić information content (AvgIpc) is 3.44. The molecule has 0 saturated heterocycles. The maximum Gasteiger partial charge on any atom is 0.224 e. The fraction of sp³-hybridized carbons (Fsp3) is 0.524. The highest BCUT2D eigenvalue weighted by atomic mass is 19.2. The summed E-state index contributed by atoms with van der Waals surface area (Å²) in [6, 6.07) is 0.461. The van der Waals surface area contributed by atoms with Gasteiger partial charge < -0.3 is 15.2 Å². The van der Waals surface area contributed by atoms with Crippen LogP contribution in [0.4, 0.5) is 13.2 Å². The monoisotopic (exact) mass is 406 g/mol. The minimum Gasteiger partial charge on any atom is -0.334 e. The fourth-order valence-corrected chi connectivity index (χ4v) is 4.23. The van der Waals surface area contributed by atoms with Crippen molar-refractivity contribution < 1.29 is 18.0 Å². The maximum atomic E-state index is 13.9. The van der Waals surface area contributed by atoms with Gasteiger partial charge in [-0.2, -0.15) is 0 Å². The van der Waals surface area contributed by atoms with Crippen molar-refractivity contribution in [2.24, 2.45) is 12.8 Å². The highest BCUT2D eigenvalue weighted by molar-refractivity contribution is 5.77. The molecule has 1 unspecified atom stereocenters. The Labute approximate surface area is 167 Å². The smallest absolute Gasteiger partial charge is 0.224 e. The molecule has 1 fully saturated rings. The van der Waals surface area contributed by atoms with Crippen LogP contribution in [-0.2, 0) is 24.7 Å². The second-order valence-electron chi connectivity index (χ2n) is 8.17. The van der Waals surface area contributed by atoms with Crippen LogP contribution >= 0.6 is 0 Å². The van der Waals surface area contributed by atoms with Crippen molar-refractivity contribution in [2.75, 3.05) is 6.54 Å². The van der Waals surface area contributed by atoms with Crippen LogP contribution in [0.5, 0.6) is 0 Å². The molecule has 1 aromatic heterocycles. The molecular weight excluding hydrogens is 381 g/mol. The topological polar surface area (TPSA) is 64.2 Å². The minimum absolute atomic E-state index is 0.000421. The van der Waals surface area contributed by atoms with Crippen LogP contribution in [0.2, 0.25) is 0 Å². The van der Waals surface area contributed by atoms with Gasteiger partial charge in [-0.15, -0.1) is 0 Å². The fourth-order valence-electron chi connectivity index (χ4n) is 4.23. The van der Waals surface area contributed by atoms with E-state index in [1.807, 2.05) is 14.0 Å². The first-order chi connectivity index (χ1) is 13.8. The number of rotatable bonds is 5. The molecule has 1 amide bonds. The van der Waals surface area contributed by atoms with E-state index >= 15 is 0 Å². The predicted octanol–water partition coefficient (Wildman–Crippen LogP) is 3.12. The van der Waals surface area contributed by atoms with Gasteiger partial charge in [0.2, 0.25) is 5.91 Å². The minimum atomic E-state index is -1.24. The summed E-state index contributed by atoms with van der Waals surface area (Å²) in [5.74, 6) is -1.74. The summed E-state index contributed by atoms with van der Waals surface area (Å²) in [7, 11) is 2.04. The molecule has 2 aliphatic rings. The molecule has 2 aromatic rings. The molecule has 5 nitrogen and oxygen atoms in total. The summed E-state index contributed by atoms with van der Waals surface area (Å²) in [5, 5.41) is 0. The van der Waals surface area contributed by atoms with Crippen molar-refractivity contribution in [3.05, 3.63) is 52.4 Å². The van der Waals surface area contributed by atoms with Crippen molar-refractivity contribution in [1.29, 1.82) is 0 Å². The molecule has 2 heterocycles. The van der Waals surface area contributed by atoms with Crippen LogP contribution in [0, 0.1) is 17.5 Å². The van der Waals surface area contributed by atoms with E-state index in [0.717, 1.165) is 36.8 Å². The zero-order valence-electron chi connectivity index (χ0n) is 16.6. The third kappa shape index (κ3) is 3.77. The summed E-state index contributed by atoms with van der Waals surface area (Å²) < 4.78 is 42.5. The zero-order valence-corrected chi connectivity index (χ0v) is 16.6. The number of aromatic nitrogens is 2. The van der Waals surface area contributed by atoms with Gasteiger partial charge in [-0.1, -0.05) is 0 Å². The lowest BCUT2D eigenvalue weighted by molar-refractivity contribution is -0.134. The number of carbonyl (C=O) groups excluding carboxylic acids is 1. The number of hydrogen-bond donors (Lipinski definition) is 1. The van der Waals surface area contributed by atoms with E-state index in [2.05, 4.69) is 4.57 Å². The number of carbonyl (C=O) groups is 1. The maximum absolute atomic E-state index is 13.9. The summed E-state index contributed by atoms with van der Waals surface area (Å²) in [6.45, 7) is 2.53. The third-order valence-electron chi connectivity index (χ3n) is 6.00. The molecule has 4 rings (SSSR count). The van der Waals surface area contributed by atoms with Gasteiger partial charge >= 0.3 is 0 Å². The summed E-state index contributed by atoms with van der Waals surface area (Å²) >= 11 is 0. The number of halogens is 3. The van der Waals surface area contributed by atoms with E-state index in [1.165, 1.54) is 5.69 Å². The molecule has 2 N–H and O–H groups in total. The Morgan fingerprint density at radius 2 is 1.93 bits per heavy atom. The van der Waals surface area contributed by atoms with Gasteiger partial charge in [0.25, 0.3) is 0 Å². The van der Waals surface area contributed by atoms with Gasteiger partial charge in [0.15, 0.2) is 11.6 Å². The summed E-state index contributed by atoms with van der Waals surface area (Å²) in [5.41, 5.74) is 8.12. The van der Waals surface area contributed by atoms with Crippen LogP contribution in [-0.4, -0.2) is 32.9 Å². The first kappa shape index (κ1) is 19.9. The lowest BCUT2D eigenvalue weighted by Crippen LogP contribution is -2.42. The standard InChI is InChI=1S/C21H25F3N4O/c1-11-20-18(27(2)21(26-20)12-3-4-12)5-6-28(11)19(29)9-14(25)7-13-8-16(23)17(24)10-15(13)22/h8,10-12,14H,3-7,9,25H2,1-2H3/t11?,14-/m1/s1. The number of nitrogens with zero attached hydrogens (tertiary/aromatic N) is 3. The average molecular weight is 406 g/mol. The van der Waals surface area contributed by atoms with Gasteiger partial charge in [0.05, 0.1) is 11.7 Å². The van der Waals surface area contributed by atoms with Crippen LogP contribution in [0.3, 0.4) is 0 Å². The second kappa shape index (κ2) is 7.48. The number of fused-ring (bicyclic) bond motifs is 1. The normalized spacial score (nSPS) is 19.9. The van der Waals surface area contributed by atoms with Crippen LogP contribution in [0.15, 0.2) is 12.1 Å². The molecule has 1 aromatic carbocycles. The molecule has 29 heavy (non-hydrogen) atoms. The van der Waals surface area contributed by atoms with E-state index in [4.69, 9.17) is 10.7 Å². The number of imidazole rings is 1. The Morgan fingerprint density at radius 1 is 1.24 bits per heavy atom. The second-order valence-corrected chi connectivity index (χ2v) is 8.17. The number of benzene rings is 1. The Balaban J connectivity index is 1.43. The lowest BCUT2D eigenvalue weighted by Gasteiger charge is -2.33. The largest absolute Gasteiger partial charge is 0.334 e. The highest BCUT2D eigenvalue weighted by Crippen LogP contribution is 2.41. The molecule has 2 atom stereocenters. The van der Waals surface area contributed by atoms with Crippen LogP contribution in [0.1, 0.15) is 60.9 Å². The van der Waals surface area contributed by atoms with Gasteiger partial charge in [-0.25, -0.2) is 18.2 Å². The van der Waals surface area contributed by atoms with Gasteiger partial charge in [0.1, 0.15) is 11.6 Å². The van der Waals surface area contributed by atoms with Crippen molar-refractivity contribution >= 4 is 5.91 Å². The van der Waals surface area contributed by atoms with E-state index in [1.54, 1.807) is 4.90 Å². The van der Waals surface area contributed by atoms with E-state index < -0.39 is 23.5 Å². The van der Waals surface area contributed by atoms with Crippen molar-refractivity contribution in [3.8, 4) is 0 Å². The van der Waals surface area contributed by atoms with Crippen LogP contribution < -0.4 is 5.73 Å². The Morgan fingerprint density at radius 3 is 2.62 bits per heavy atom. The van der Waals surface area contributed by atoms with E-state index in [0.29, 0.717) is 18.5 Å². The van der Waals surface area contributed by atoms with Crippen LogP contribution in [0.25, 0.3) is 0 Å². The molecule has 8 heteroatoms. The molecule has 1 aliphatic carbocycles. The first-order valence-corrected chi connectivity index (χ1v) is 10.00. The van der Waals surface area contributed by atoms with Crippen molar-refractivity contribution in [3.63, 3.8) is 0 Å². The SMILES string of the molecule is CC1c2nc(C3CC3)n(C)c2CCN1C(=O)C[C@H](N)Cc1cc(F)c(F)cc1F. The highest BCUT2D eigenvalue weighted by Gasteiger charge is 2.36. The molecular formula is C21H25F3N4O. The molecule has 0 radical (unpaired) electrons. The predicted molar refractivity (Wildman–Crippen MR) is 102 cm³/mol. The Bertz CT molecular complexity index is 954. The van der Waals surface area contributed by atoms with E-state index in [9.17, 15) is 18.0 Å². The summed E-state index contributed by atoms with van der Waals surface area (Å²) in [4.78, 5) is 19.4. The molecule has 0 spiro atoms. The van der Waals surface area contributed by atoms with Gasteiger partial charge in [-0.05, 0) is 37.8 Å². The summed E-state index contributed by atoms with van der Waals surface area (Å²) in [6.07, 6.45) is 3.01. The first-order valence-electron chi connectivity index (χ1n) is 10.00. The van der Waals surface area contributed by atoms with Crippen molar-refractivity contribution in [2.45, 2.75) is 57.0 Å². The Hall–Kier alpha value is -2.35. The molecule has 1 aliphatic heterocycles. The molecule has 0 bridgehead atoms.